The summed E-state index contributed by atoms with van der Waals surface area (Å²) in [6.45, 7) is 1.68. The van der Waals surface area contributed by atoms with Gasteiger partial charge in [0.05, 0.1) is 28.6 Å². The molecule has 12 heteroatoms. The molecule has 1 atom stereocenters. The zero-order valence-corrected chi connectivity index (χ0v) is 23.4. The van der Waals surface area contributed by atoms with E-state index in [1.165, 1.54) is 31.1 Å². The molecule has 2 N–H and O–H groups in total. The predicted molar refractivity (Wildman–Crippen MR) is 147 cm³/mol. The molecule has 0 unspecified atom stereocenters. The zero-order chi connectivity index (χ0) is 28.9. The average molecular weight is 600 g/mol. The summed E-state index contributed by atoms with van der Waals surface area (Å²) in [6.07, 6.45) is -3.45. The first-order valence-electron chi connectivity index (χ1n) is 12.8. The summed E-state index contributed by atoms with van der Waals surface area (Å²) in [5.74, 6) is 0.564. The number of hydrogen-bond donors (Lipinski definition) is 2. The first-order chi connectivity index (χ1) is 19.1. The molecule has 40 heavy (non-hydrogen) atoms. The quantitative estimate of drug-likeness (QED) is 0.112. The van der Waals surface area contributed by atoms with Crippen molar-refractivity contribution in [2.75, 3.05) is 32.5 Å². The van der Waals surface area contributed by atoms with E-state index in [0.29, 0.717) is 59.8 Å². The summed E-state index contributed by atoms with van der Waals surface area (Å²) in [7, 11) is 1.51. The first-order valence-corrected chi connectivity index (χ1v) is 14.2. The average Bonchev–Trinajstić information content (AvgIpc) is 2.95. The van der Waals surface area contributed by atoms with Crippen LogP contribution in [0.25, 0.3) is 10.9 Å². The van der Waals surface area contributed by atoms with Gasteiger partial charge in [-0.15, -0.1) is 11.8 Å². The molecule has 1 aliphatic rings. The predicted octanol–water partition coefficient (Wildman–Crippen LogP) is 7.09. The van der Waals surface area contributed by atoms with E-state index in [-0.39, 0.29) is 23.4 Å². The highest BCUT2D eigenvalue weighted by atomic mass is 35.5. The highest BCUT2D eigenvalue weighted by Crippen LogP contribution is 2.42. The van der Waals surface area contributed by atoms with Gasteiger partial charge in [-0.2, -0.15) is 13.2 Å². The van der Waals surface area contributed by atoms with Gasteiger partial charge in [-0.05, 0) is 75.2 Å². The van der Waals surface area contributed by atoms with E-state index in [1.807, 2.05) is 0 Å². The van der Waals surface area contributed by atoms with Crippen molar-refractivity contribution in [1.82, 2.24) is 15.4 Å². The molecular formula is C28H30ClF4N3O3S. The number of hydroxylamine groups is 1. The van der Waals surface area contributed by atoms with Crippen molar-refractivity contribution >= 4 is 40.2 Å². The van der Waals surface area contributed by atoms with Gasteiger partial charge in [0.1, 0.15) is 11.9 Å². The van der Waals surface area contributed by atoms with Crippen LogP contribution in [0.15, 0.2) is 53.6 Å². The number of carbonyl (C=O) groups is 1. The number of amides is 1. The molecule has 2 heterocycles. The van der Waals surface area contributed by atoms with E-state index in [9.17, 15) is 23.2 Å². The number of ether oxygens (including phenoxy) is 1. The number of alkyl halides is 4. The van der Waals surface area contributed by atoms with Crippen LogP contribution in [-0.2, 0) is 11.0 Å². The maximum absolute atomic E-state index is 15.7. The number of methoxy groups -OCH3 is 1. The van der Waals surface area contributed by atoms with Gasteiger partial charge in [0, 0.05) is 34.3 Å². The van der Waals surface area contributed by atoms with Crippen molar-refractivity contribution in [3.8, 4) is 5.75 Å². The minimum absolute atomic E-state index is 0.00879. The van der Waals surface area contributed by atoms with E-state index in [1.54, 1.807) is 29.7 Å². The molecule has 0 saturated carbocycles. The van der Waals surface area contributed by atoms with Crippen molar-refractivity contribution in [3.05, 3.63) is 64.8 Å². The Morgan fingerprint density at radius 1 is 1.25 bits per heavy atom. The summed E-state index contributed by atoms with van der Waals surface area (Å²) in [5.41, 5.74) is 0.980. The first kappa shape index (κ1) is 30.4. The van der Waals surface area contributed by atoms with Gasteiger partial charge in [-0.3, -0.25) is 15.0 Å². The smallest absolute Gasteiger partial charge is 0.416 e. The maximum Gasteiger partial charge on any atom is 0.416 e. The Morgan fingerprint density at radius 2 is 2.00 bits per heavy atom. The molecule has 2 aromatic carbocycles. The molecule has 1 saturated heterocycles. The second-order valence-corrected chi connectivity index (χ2v) is 11.4. The summed E-state index contributed by atoms with van der Waals surface area (Å²) in [5, 5.41) is 10.2. The molecule has 0 bridgehead atoms. The van der Waals surface area contributed by atoms with E-state index in [4.69, 9.17) is 16.3 Å². The Balaban J connectivity index is 1.37. The lowest BCUT2D eigenvalue weighted by atomic mass is 9.73. The van der Waals surface area contributed by atoms with Crippen LogP contribution in [0.4, 0.5) is 17.6 Å². The van der Waals surface area contributed by atoms with Gasteiger partial charge in [0.15, 0.2) is 0 Å². The number of nitrogens with zero attached hydrogens (tertiary/aromatic N) is 2. The Kier molecular flexibility index (Phi) is 9.81. The minimum Gasteiger partial charge on any atom is -0.497 e. The van der Waals surface area contributed by atoms with Crippen LogP contribution in [0.2, 0.25) is 5.02 Å². The van der Waals surface area contributed by atoms with Crippen LogP contribution >= 0.6 is 23.4 Å². The van der Waals surface area contributed by atoms with Crippen molar-refractivity contribution in [2.45, 2.75) is 42.9 Å². The molecule has 4 rings (SSSR count). The van der Waals surface area contributed by atoms with Crippen LogP contribution in [0.5, 0.6) is 5.75 Å². The second-order valence-electron chi connectivity index (χ2n) is 9.85. The number of benzene rings is 2. The number of piperidine rings is 1. The summed E-state index contributed by atoms with van der Waals surface area (Å²) >= 11 is 7.69. The van der Waals surface area contributed by atoms with E-state index >= 15 is 4.39 Å². The van der Waals surface area contributed by atoms with E-state index in [2.05, 4.69) is 9.88 Å². The van der Waals surface area contributed by atoms with E-state index < -0.39 is 29.2 Å². The fourth-order valence-corrected chi connectivity index (χ4v) is 6.37. The van der Waals surface area contributed by atoms with Crippen molar-refractivity contribution in [2.24, 2.45) is 5.41 Å². The fourth-order valence-electron chi connectivity index (χ4n) is 5.13. The standard InChI is InChI=1S/C28H30ClF4N3O3S/c1-39-19-5-6-24-21(16-19)25(22(29)17-34-24)23(30)7-8-27(26(37)35-38)9-11-36(12-10-27)13-14-40-20-4-2-3-18(15-20)28(31,32)33/h2-6,15-17,23,38H,7-14H2,1H3,(H,35,37)/t23-/m1/s1. The number of fused-ring (bicyclic) bond motifs is 1. The number of aromatic nitrogens is 1. The van der Waals surface area contributed by atoms with Gasteiger partial charge in [0.25, 0.3) is 0 Å². The van der Waals surface area contributed by atoms with Crippen LogP contribution in [0.3, 0.4) is 0 Å². The monoisotopic (exact) mass is 599 g/mol. The van der Waals surface area contributed by atoms with E-state index in [0.717, 1.165) is 12.1 Å². The van der Waals surface area contributed by atoms with Crippen LogP contribution < -0.4 is 10.2 Å². The van der Waals surface area contributed by atoms with Crippen LogP contribution in [0, 0.1) is 5.41 Å². The Labute approximate surface area is 239 Å². The fraction of sp³-hybridized carbons (Fsp3) is 0.429. The third-order valence-electron chi connectivity index (χ3n) is 7.49. The van der Waals surface area contributed by atoms with Gasteiger partial charge in [-0.25, -0.2) is 9.87 Å². The molecule has 6 nitrogen and oxygen atoms in total. The number of rotatable bonds is 10. The lowest BCUT2D eigenvalue weighted by Gasteiger charge is -2.40. The molecule has 1 fully saturated rings. The molecule has 3 aromatic rings. The highest BCUT2D eigenvalue weighted by Gasteiger charge is 2.41. The van der Waals surface area contributed by atoms with Gasteiger partial charge in [0.2, 0.25) is 5.91 Å². The van der Waals surface area contributed by atoms with Crippen molar-refractivity contribution in [3.63, 3.8) is 0 Å². The molecule has 0 aliphatic carbocycles. The van der Waals surface area contributed by atoms with Gasteiger partial charge < -0.3 is 9.64 Å². The van der Waals surface area contributed by atoms with Crippen LogP contribution in [0.1, 0.15) is 43.0 Å². The van der Waals surface area contributed by atoms with Gasteiger partial charge >= 0.3 is 6.18 Å². The molecule has 216 valence electrons. The number of hydrogen-bond acceptors (Lipinski definition) is 6. The molecule has 0 radical (unpaired) electrons. The third-order valence-corrected chi connectivity index (χ3v) is 8.77. The molecule has 1 amide bonds. The molecule has 0 spiro atoms. The number of halogens is 5. The maximum atomic E-state index is 15.7. The topological polar surface area (TPSA) is 74.7 Å². The largest absolute Gasteiger partial charge is 0.497 e. The number of thioether (sulfide) groups is 1. The number of likely N-dealkylation sites (tertiary alicyclic amines) is 1. The lowest BCUT2D eigenvalue weighted by Crippen LogP contribution is -2.48. The van der Waals surface area contributed by atoms with Crippen molar-refractivity contribution in [1.29, 1.82) is 0 Å². The number of nitrogens with one attached hydrogen (secondary N) is 1. The molecule has 1 aliphatic heterocycles. The Bertz CT molecular complexity index is 1340. The summed E-state index contributed by atoms with van der Waals surface area (Å²) in [4.78, 5) is 19.7. The lowest BCUT2D eigenvalue weighted by molar-refractivity contribution is -0.143. The number of pyridine rings is 1. The highest BCUT2D eigenvalue weighted by molar-refractivity contribution is 7.99. The second kappa shape index (κ2) is 12.9. The summed E-state index contributed by atoms with van der Waals surface area (Å²) < 4.78 is 59.9. The summed E-state index contributed by atoms with van der Waals surface area (Å²) in [6, 6.07) is 10.4. The number of carbonyl (C=O) groups excluding carboxylic acids is 1. The normalized spacial score (nSPS) is 16.6. The SMILES string of the molecule is COc1ccc2ncc(Cl)c([C@H](F)CCC3(C(=O)NO)CCN(CCSc4cccc(C(F)(F)F)c4)CC3)c2c1. The minimum atomic E-state index is -4.39. The molecule has 1 aromatic heterocycles. The van der Waals surface area contributed by atoms with Crippen LogP contribution in [-0.4, -0.2) is 53.5 Å². The van der Waals surface area contributed by atoms with Gasteiger partial charge in [-0.1, -0.05) is 17.7 Å². The molecular weight excluding hydrogens is 570 g/mol. The Morgan fingerprint density at radius 3 is 2.67 bits per heavy atom. The zero-order valence-electron chi connectivity index (χ0n) is 21.8. The van der Waals surface area contributed by atoms with Crippen molar-refractivity contribution < 1.29 is 32.3 Å². The Hall–Kier alpha value is -2.60. The third kappa shape index (κ3) is 6.99.